The molecule has 0 aliphatic carbocycles. The number of nitrogens with zero attached hydrogens (tertiary/aromatic N) is 2. The molecular weight excluding hydrogens is 328 g/mol. The molecule has 0 saturated heterocycles. The zero-order chi connectivity index (χ0) is 19.5. The smallest absolute Gasteiger partial charge is 0.0639 e. The first-order valence-electron chi connectivity index (χ1n) is 10.3. The fourth-order valence-corrected chi connectivity index (χ4v) is 3.32. The van der Waals surface area contributed by atoms with Crippen LogP contribution in [0.5, 0.6) is 0 Å². The topological polar surface area (TPSA) is 24.7 Å². The molecule has 0 heterocycles. The highest BCUT2D eigenvalue weighted by molar-refractivity contribution is 6.42. The Balaban J connectivity index is 2.17. The lowest BCUT2D eigenvalue weighted by molar-refractivity contribution is 0.616. The van der Waals surface area contributed by atoms with Gasteiger partial charge in [-0.1, -0.05) is 63.3 Å². The summed E-state index contributed by atoms with van der Waals surface area (Å²) >= 11 is 0. The van der Waals surface area contributed by atoms with Gasteiger partial charge in [0.25, 0.3) is 0 Å². The highest BCUT2D eigenvalue weighted by Crippen LogP contribution is 2.20. The average Bonchev–Trinajstić information content (AvgIpc) is 2.63. The minimum absolute atomic E-state index is 0.987. The van der Waals surface area contributed by atoms with Crippen LogP contribution in [0.15, 0.2) is 58.5 Å². The zero-order valence-corrected chi connectivity index (χ0v) is 17.5. The van der Waals surface area contributed by atoms with E-state index in [1.54, 1.807) is 0 Å². The molecule has 0 unspecified atom stereocenters. The third kappa shape index (κ3) is 7.90. The summed E-state index contributed by atoms with van der Waals surface area (Å²) in [5.74, 6) is 0. The normalized spacial score (nSPS) is 12.4. The predicted molar refractivity (Wildman–Crippen MR) is 120 cm³/mol. The molecule has 2 heteroatoms. The largest absolute Gasteiger partial charge is 0.252 e. The Hall–Kier alpha value is -2.22. The summed E-state index contributed by atoms with van der Waals surface area (Å²) < 4.78 is 0. The first-order valence-corrected chi connectivity index (χ1v) is 10.3. The van der Waals surface area contributed by atoms with Crippen molar-refractivity contribution in [2.24, 2.45) is 9.98 Å². The van der Waals surface area contributed by atoms with Crippen molar-refractivity contribution in [3.05, 3.63) is 59.7 Å². The molecule has 0 atom stereocenters. The van der Waals surface area contributed by atoms with Crippen LogP contribution in [0.1, 0.15) is 69.9 Å². The van der Waals surface area contributed by atoms with Gasteiger partial charge in [0.05, 0.1) is 22.8 Å². The predicted octanol–water partition coefficient (Wildman–Crippen LogP) is 7.92. The number of para-hydroxylation sites is 1. The summed E-state index contributed by atoms with van der Waals surface area (Å²) in [6.45, 7) is 8.61. The van der Waals surface area contributed by atoms with Crippen LogP contribution in [0.25, 0.3) is 0 Å². The number of unbranched alkanes of at least 4 members (excludes halogenated alkanes) is 5. The van der Waals surface area contributed by atoms with E-state index in [1.807, 2.05) is 30.3 Å². The molecule has 0 N–H and O–H groups in total. The van der Waals surface area contributed by atoms with Crippen LogP contribution in [0.4, 0.5) is 11.4 Å². The van der Waals surface area contributed by atoms with E-state index >= 15 is 0 Å². The van der Waals surface area contributed by atoms with Gasteiger partial charge in [-0.05, 0) is 69.0 Å². The molecule has 0 saturated carbocycles. The van der Waals surface area contributed by atoms with Gasteiger partial charge in [0.2, 0.25) is 0 Å². The second-order valence-corrected chi connectivity index (χ2v) is 7.45. The highest BCUT2D eigenvalue weighted by atomic mass is 14.8. The first-order chi connectivity index (χ1) is 13.1. The Bertz CT molecular complexity index is 737. The fourth-order valence-electron chi connectivity index (χ4n) is 3.32. The molecule has 0 fully saturated rings. The van der Waals surface area contributed by atoms with Crippen LogP contribution in [-0.4, -0.2) is 11.4 Å². The van der Waals surface area contributed by atoms with Crippen molar-refractivity contribution in [1.29, 1.82) is 0 Å². The van der Waals surface area contributed by atoms with Crippen molar-refractivity contribution in [1.82, 2.24) is 0 Å². The van der Waals surface area contributed by atoms with Crippen molar-refractivity contribution in [3.63, 3.8) is 0 Å². The zero-order valence-electron chi connectivity index (χ0n) is 17.5. The van der Waals surface area contributed by atoms with E-state index in [4.69, 9.17) is 9.98 Å². The molecule has 2 aromatic carbocycles. The van der Waals surface area contributed by atoms with Gasteiger partial charge in [-0.15, -0.1) is 0 Å². The maximum absolute atomic E-state index is 5.00. The molecule has 0 radical (unpaired) electrons. The van der Waals surface area contributed by atoms with E-state index in [0.717, 1.165) is 29.2 Å². The third-order valence-electron chi connectivity index (χ3n) is 4.71. The number of rotatable bonds is 10. The van der Waals surface area contributed by atoms with E-state index in [0.29, 0.717) is 0 Å². The summed E-state index contributed by atoms with van der Waals surface area (Å²) in [6.07, 6.45) is 8.73. The number of hydrogen-bond acceptors (Lipinski definition) is 2. The van der Waals surface area contributed by atoms with Gasteiger partial charge in [0.1, 0.15) is 0 Å². The van der Waals surface area contributed by atoms with Gasteiger partial charge < -0.3 is 0 Å². The SMILES string of the molecule is CCCCCCCCC(=Nc1cc(C)cc(C)c1)C(C)=Nc1ccccc1. The Labute approximate surface area is 165 Å². The van der Waals surface area contributed by atoms with Crippen molar-refractivity contribution < 1.29 is 0 Å². The number of benzene rings is 2. The lowest BCUT2D eigenvalue weighted by Crippen LogP contribution is -2.10. The molecular formula is C25H34N2. The monoisotopic (exact) mass is 362 g/mol. The van der Waals surface area contributed by atoms with Crippen molar-refractivity contribution in [3.8, 4) is 0 Å². The van der Waals surface area contributed by atoms with Crippen LogP contribution in [0.3, 0.4) is 0 Å². The molecule has 27 heavy (non-hydrogen) atoms. The second-order valence-electron chi connectivity index (χ2n) is 7.45. The molecule has 2 aromatic rings. The van der Waals surface area contributed by atoms with Gasteiger partial charge in [0.15, 0.2) is 0 Å². The van der Waals surface area contributed by atoms with Gasteiger partial charge in [0, 0.05) is 0 Å². The van der Waals surface area contributed by atoms with Gasteiger partial charge in [-0.25, -0.2) is 0 Å². The maximum atomic E-state index is 5.00. The van der Waals surface area contributed by atoms with Gasteiger partial charge in [-0.2, -0.15) is 0 Å². The van der Waals surface area contributed by atoms with Crippen molar-refractivity contribution in [2.45, 2.75) is 72.6 Å². The summed E-state index contributed by atoms with van der Waals surface area (Å²) in [4.78, 5) is 9.81. The number of aryl methyl sites for hydroxylation is 2. The molecule has 144 valence electrons. The molecule has 0 amide bonds. The molecule has 0 bridgehead atoms. The van der Waals surface area contributed by atoms with E-state index in [1.165, 1.54) is 49.7 Å². The van der Waals surface area contributed by atoms with Crippen LogP contribution in [0, 0.1) is 13.8 Å². The van der Waals surface area contributed by atoms with E-state index in [2.05, 4.69) is 45.9 Å². The lowest BCUT2D eigenvalue weighted by Gasteiger charge is -2.09. The highest BCUT2D eigenvalue weighted by Gasteiger charge is 2.06. The van der Waals surface area contributed by atoms with Crippen molar-refractivity contribution >= 4 is 22.8 Å². The lowest BCUT2D eigenvalue weighted by atomic mass is 10.0. The molecule has 0 spiro atoms. The van der Waals surface area contributed by atoms with Gasteiger partial charge in [-0.3, -0.25) is 9.98 Å². The van der Waals surface area contributed by atoms with Crippen LogP contribution < -0.4 is 0 Å². The fraction of sp³-hybridized carbons (Fsp3) is 0.440. The van der Waals surface area contributed by atoms with Crippen molar-refractivity contribution in [2.75, 3.05) is 0 Å². The Morgan fingerprint density at radius 2 is 1.37 bits per heavy atom. The minimum atomic E-state index is 0.987. The van der Waals surface area contributed by atoms with E-state index in [-0.39, 0.29) is 0 Å². The first kappa shape index (κ1) is 21.1. The maximum Gasteiger partial charge on any atom is 0.0639 e. The summed E-state index contributed by atoms with van der Waals surface area (Å²) in [6, 6.07) is 16.7. The summed E-state index contributed by atoms with van der Waals surface area (Å²) in [5, 5.41) is 0. The van der Waals surface area contributed by atoms with Crippen LogP contribution >= 0.6 is 0 Å². The Kier molecular flexibility index (Phi) is 8.97. The summed E-state index contributed by atoms with van der Waals surface area (Å²) in [7, 11) is 0. The van der Waals surface area contributed by atoms with E-state index in [9.17, 15) is 0 Å². The van der Waals surface area contributed by atoms with Crippen LogP contribution in [-0.2, 0) is 0 Å². The molecule has 2 rings (SSSR count). The Morgan fingerprint density at radius 1 is 0.741 bits per heavy atom. The third-order valence-corrected chi connectivity index (χ3v) is 4.71. The number of hydrogen-bond donors (Lipinski definition) is 0. The summed E-state index contributed by atoms with van der Waals surface area (Å²) in [5.41, 5.74) is 6.67. The van der Waals surface area contributed by atoms with Gasteiger partial charge >= 0.3 is 0 Å². The average molecular weight is 363 g/mol. The minimum Gasteiger partial charge on any atom is -0.252 e. The molecule has 0 aliphatic rings. The molecule has 0 aliphatic heterocycles. The number of aliphatic imine (C=N–C) groups is 2. The Morgan fingerprint density at radius 3 is 2.04 bits per heavy atom. The van der Waals surface area contributed by atoms with E-state index < -0.39 is 0 Å². The standard InChI is InChI=1S/C25H34N2/c1-5-6-7-8-9-13-16-25(22(4)26-23-14-11-10-12-15-23)27-24-18-20(2)17-21(3)19-24/h10-12,14-15,17-19H,5-9,13,16H2,1-4H3. The quantitative estimate of drug-likeness (QED) is 0.303. The second kappa shape index (κ2) is 11.5. The molecule has 0 aromatic heterocycles. The van der Waals surface area contributed by atoms with Crippen LogP contribution in [0.2, 0.25) is 0 Å². The molecule has 2 nitrogen and oxygen atoms in total.